The first-order valence-corrected chi connectivity index (χ1v) is 8.69. The Bertz CT molecular complexity index is 944. The number of benzene rings is 2. The second-order valence-corrected chi connectivity index (χ2v) is 6.10. The van der Waals surface area contributed by atoms with Gasteiger partial charge in [0.15, 0.2) is 0 Å². The van der Waals surface area contributed by atoms with Crippen molar-refractivity contribution >= 4 is 29.5 Å². The van der Waals surface area contributed by atoms with Gasteiger partial charge < -0.3 is 15.8 Å². The molecule has 2 aromatic rings. The van der Waals surface area contributed by atoms with Crippen molar-refractivity contribution in [1.29, 1.82) is 0 Å². The summed E-state index contributed by atoms with van der Waals surface area (Å²) in [7, 11) is 1.60. The molecule has 0 saturated heterocycles. The van der Waals surface area contributed by atoms with Crippen LogP contribution in [0.2, 0.25) is 0 Å². The number of hydrogen-bond donors (Lipinski definition) is 2. The van der Waals surface area contributed by atoms with Crippen LogP contribution < -0.4 is 11.1 Å². The summed E-state index contributed by atoms with van der Waals surface area (Å²) in [6, 6.07) is 13.1. The maximum absolute atomic E-state index is 12.1. The number of ether oxygens (including phenoxy) is 1. The van der Waals surface area contributed by atoms with Gasteiger partial charge in [0.1, 0.15) is 5.84 Å². The number of nitrogens with one attached hydrogen (secondary N) is 1. The third-order valence-corrected chi connectivity index (χ3v) is 4.24. The highest BCUT2D eigenvalue weighted by atomic mass is 16.5. The van der Waals surface area contributed by atoms with Crippen molar-refractivity contribution in [1.82, 2.24) is 5.32 Å². The molecule has 0 radical (unpaired) electrons. The van der Waals surface area contributed by atoms with Crippen molar-refractivity contribution in [3.8, 4) is 11.1 Å². The Kier molecular flexibility index (Phi) is 5.35. The molecule has 0 atom stereocenters. The summed E-state index contributed by atoms with van der Waals surface area (Å²) in [5, 5.41) is 2.60. The number of carbonyl (C=O) groups is 2. The Hall–Kier alpha value is -3.41. The van der Waals surface area contributed by atoms with Gasteiger partial charge in [-0.2, -0.15) is 0 Å². The van der Waals surface area contributed by atoms with E-state index in [1.165, 1.54) is 0 Å². The fraction of sp³-hybridized carbons (Fsp3) is 0.190. The second-order valence-electron chi connectivity index (χ2n) is 6.10. The van der Waals surface area contributed by atoms with Crippen LogP contribution in [-0.4, -0.2) is 31.4 Å². The van der Waals surface area contributed by atoms with Gasteiger partial charge in [-0.1, -0.05) is 24.3 Å². The molecule has 3 rings (SSSR count). The van der Waals surface area contributed by atoms with Crippen molar-refractivity contribution in [2.75, 3.05) is 13.7 Å². The van der Waals surface area contributed by atoms with E-state index in [0.717, 1.165) is 16.7 Å². The average Bonchev–Trinajstić information content (AvgIpc) is 2.85. The molecule has 0 aromatic heterocycles. The summed E-state index contributed by atoms with van der Waals surface area (Å²) in [5.74, 6) is -0.144. The molecule has 0 aliphatic carbocycles. The Labute approximate surface area is 157 Å². The van der Waals surface area contributed by atoms with E-state index in [-0.39, 0.29) is 18.3 Å². The average molecular weight is 363 g/mol. The predicted molar refractivity (Wildman–Crippen MR) is 106 cm³/mol. The SMILES string of the molecule is CCOC(=O)C1=Cc2ccc(-c3ccc(C(=O)NC)cc3)cc2N=C(N)C1. The number of aliphatic imine (C=N–C) groups is 1. The molecule has 138 valence electrons. The highest BCUT2D eigenvalue weighted by molar-refractivity contribution is 6.03. The number of rotatable bonds is 4. The molecule has 3 N–H and O–H groups in total. The Morgan fingerprint density at radius 3 is 2.52 bits per heavy atom. The molecule has 27 heavy (non-hydrogen) atoms. The molecule has 1 aliphatic rings. The largest absolute Gasteiger partial charge is 0.463 e. The Balaban J connectivity index is 1.96. The van der Waals surface area contributed by atoms with E-state index in [9.17, 15) is 9.59 Å². The number of fused-ring (bicyclic) bond motifs is 1. The first-order valence-electron chi connectivity index (χ1n) is 8.69. The topological polar surface area (TPSA) is 93.8 Å². The highest BCUT2D eigenvalue weighted by Crippen LogP contribution is 2.32. The third kappa shape index (κ3) is 4.06. The van der Waals surface area contributed by atoms with Gasteiger partial charge in [-0.15, -0.1) is 0 Å². The lowest BCUT2D eigenvalue weighted by Crippen LogP contribution is -2.17. The van der Waals surface area contributed by atoms with Gasteiger partial charge in [0.25, 0.3) is 5.91 Å². The van der Waals surface area contributed by atoms with Gasteiger partial charge in [-0.25, -0.2) is 9.79 Å². The van der Waals surface area contributed by atoms with Gasteiger partial charge in [-0.3, -0.25) is 4.79 Å². The van der Waals surface area contributed by atoms with E-state index in [1.54, 1.807) is 32.2 Å². The molecule has 6 nitrogen and oxygen atoms in total. The van der Waals surface area contributed by atoms with Crippen LogP contribution in [0.1, 0.15) is 29.3 Å². The first kappa shape index (κ1) is 18.4. The number of carbonyl (C=O) groups excluding carboxylic acids is 2. The summed E-state index contributed by atoms with van der Waals surface area (Å²) in [4.78, 5) is 28.2. The number of nitrogens with zero attached hydrogens (tertiary/aromatic N) is 1. The number of amidine groups is 1. The van der Waals surface area contributed by atoms with Crippen LogP contribution in [0.5, 0.6) is 0 Å². The monoisotopic (exact) mass is 363 g/mol. The van der Waals surface area contributed by atoms with Crippen LogP contribution in [0.4, 0.5) is 5.69 Å². The first-order chi connectivity index (χ1) is 13.0. The summed E-state index contributed by atoms with van der Waals surface area (Å²) >= 11 is 0. The highest BCUT2D eigenvalue weighted by Gasteiger charge is 2.17. The summed E-state index contributed by atoms with van der Waals surface area (Å²) < 4.78 is 5.08. The minimum Gasteiger partial charge on any atom is -0.463 e. The Morgan fingerprint density at radius 2 is 1.85 bits per heavy atom. The number of nitrogens with two attached hydrogens (primary N) is 1. The van der Waals surface area contributed by atoms with Gasteiger partial charge in [0, 0.05) is 30.2 Å². The van der Waals surface area contributed by atoms with Gasteiger partial charge in [-0.05, 0) is 42.3 Å². The van der Waals surface area contributed by atoms with Crippen molar-refractivity contribution in [2.24, 2.45) is 10.7 Å². The molecule has 0 bridgehead atoms. The lowest BCUT2D eigenvalue weighted by Gasteiger charge is -2.07. The minimum atomic E-state index is -0.377. The van der Waals surface area contributed by atoms with Crippen LogP contribution in [0.3, 0.4) is 0 Å². The van der Waals surface area contributed by atoms with Crippen LogP contribution in [0, 0.1) is 0 Å². The maximum atomic E-state index is 12.1. The predicted octanol–water partition coefficient (Wildman–Crippen LogP) is 3.05. The van der Waals surface area contributed by atoms with Crippen molar-refractivity contribution in [3.63, 3.8) is 0 Å². The third-order valence-electron chi connectivity index (χ3n) is 4.24. The minimum absolute atomic E-state index is 0.127. The fourth-order valence-electron chi connectivity index (χ4n) is 2.88. The molecule has 1 amide bonds. The number of amides is 1. The van der Waals surface area contributed by atoms with E-state index in [1.807, 2.05) is 30.3 Å². The number of hydrogen-bond acceptors (Lipinski definition) is 5. The maximum Gasteiger partial charge on any atom is 0.334 e. The lowest BCUT2D eigenvalue weighted by molar-refractivity contribution is -0.138. The van der Waals surface area contributed by atoms with Crippen LogP contribution in [0.25, 0.3) is 17.2 Å². The number of esters is 1. The smallest absolute Gasteiger partial charge is 0.334 e. The van der Waals surface area contributed by atoms with Gasteiger partial charge in [0.05, 0.1) is 12.3 Å². The lowest BCUT2D eigenvalue weighted by atomic mass is 10.00. The Morgan fingerprint density at radius 1 is 1.15 bits per heavy atom. The molecular weight excluding hydrogens is 342 g/mol. The quantitative estimate of drug-likeness (QED) is 0.817. The zero-order valence-corrected chi connectivity index (χ0v) is 15.3. The molecule has 6 heteroatoms. The standard InChI is InChI=1S/C21H21N3O3/c1-3-27-21(26)17-10-16-9-8-15(11-18(16)24-19(22)12-17)13-4-6-14(7-5-13)20(25)23-2/h4-11H,3,12H2,1-2H3,(H2,22,24)(H,23,25). The van der Waals surface area contributed by atoms with Crippen molar-refractivity contribution in [3.05, 3.63) is 59.2 Å². The molecule has 1 aliphatic heterocycles. The van der Waals surface area contributed by atoms with E-state index in [2.05, 4.69) is 10.3 Å². The molecule has 1 heterocycles. The van der Waals surface area contributed by atoms with E-state index in [0.29, 0.717) is 29.3 Å². The van der Waals surface area contributed by atoms with Crippen LogP contribution in [0.15, 0.2) is 53.0 Å². The van der Waals surface area contributed by atoms with Crippen molar-refractivity contribution < 1.29 is 14.3 Å². The van der Waals surface area contributed by atoms with E-state index in [4.69, 9.17) is 10.5 Å². The zero-order valence-electron chi connectivity index (χ0n) is 15.3. The normalized spacial score (nSPS) is 13.0. The van der Waals surface area contributed by atoms with E-state index < -0.39 is 0 Å². The second kappa shape index (κ2) is 7.86. The van der Waals surface area contributed by atoms with Gasteiger partial charge in [0.2, 0.25) is 0 Å². The molecule has 0 saturated carbocycles. The van der Waals surface area contributed by atoms with E-state index >= 15 is 0 Å². The van der Waals surface area contributed by atoms with Crippen LogP contribution in [-0.2, 0) is 9.53 Å². The zero-order chi connectivity index (χ0) is 19.4. The summed E-state index contributed by atoms with van der Waals surface area (Å²) in [5.41, 5.74) is 10.5. The molecule has 2 aromatic carbocycles. The van der Waals surface area contributed by atoms with Gasteiger partial charge >= 0.3 is 5.97 Å². The summed E-state index contributed by atoms with van der Waals surface area (Å²) in [6.07, 6.45) is 2.03. The molecule has 0 spiro atoms. The molecule has 0 fully saturated rings. The van der Waals surface area contributed by atoms with Crippen molar-refractivity contribution in [2.45, 2.75) is 13.3 Å². The molecular formula is C21H21N3O3. The fourth-order valence-corrected chi connectivity index (χ4v) is 2.88. The molecule has 0 unspecified atom stereocenters. The summed E-state index contributed by atoms with van der Waals surface area (Å²) in [6.45, 7) is 2.08. The van der Waals surface area contributed by atoms with Crippen LogP contribution >= 0.6 is 0 Å².